The number of ether oxygens (including phenoxy) is 1. The number of carbonyl (C=O) groups excluding carboxylic acids is 1. The summed E-state index contributed by atoms with van der Waals surface area (Å²) in [6.45, 7) is -0.219. The van der Waals surface area contributed by atoms with E-state index >= 15 is 0 Å². The maximum absolute atomic E-state index is 13.4. The summed E-state index contributed by atoms with van der Waals surface area (Å²) in [6.07, 6.45) is 1.56. The second-order valence-corrected chi connectivity index (χ2v) is 10.4. The Kier molecular flexibility index (Phi) is 6.99. The zero-order valence-corrected chi connectivity index (χ0v) is 23.3. The molecule has 0 radical (unpaired) electrons. The third-order valence-electron chi connectivity index (χ3n) is 5.15. The van der Waals surface area contributed by atoms with Gasteiger partial charge in [0.1, 0.15) is 11.3 Å². The SMILES string of the molecule is NC(=O)COc1c(I)cc(C=Nn2c(-c3cc4cc(Cl)ccc4o3)nc3ccccc3c2=O)cc1I. The van der Waals surface area contributed by atoms with Crippen LogP contribution in [-0.4, -0.2) is 28.4 Å². The average Bonchev–Trinajstić information content (AvgIpc) is 3.25. The van der Waals surface area contributed by atoms with Gasteiger partial charge in [-0.3, -0.25) is 9.59 Å². The minimum atomic E-state index is -0.559. The first-order valence-corrected chi connectivity index (χ1v) is 13.0. The first-order chi connectivity index (χ1) is 17.3. The Labute approximate surface area is 236 Å². The maximum Gasteiger partial charge on any atom is 0.282 e. The molecule has 0 aliphatic heterocycles. The zero-order chi connectivity index (χ0) is 25.4. The second kappa shape index (κ2) is 10.2. The van der Waals surface area contributed by atoms with Crippen molar-refractivity contribution < 1.29 is 13.9 Å². The molecule has 0 saturated heterocycles. The lowest BCUT2D eigenvalue weighted by Gasteiger charge is -2.10. The van der Waals surface area contributed by atoms with Crippen molar-refractivity contribution >= 4 is 90.8 Å². The van der Waals surface area contributed by atoms with Gasteiger partial charge in [-0.25, -0.2) is 4.98 Å². The number of hydrogen-bond donors (Lipinski definition) is 1. The van der Waals surface area contributed by atoms with Crippen molar-refractivity contribution in [2.24, 2.45) is 10.8 Å². The Morgan fingerprint density at radius 2 is 1.89 bits per heavy atom. The fourth-order valence-electron chi connectivity index (χ4n) is 3.57. The highest BCUT2D eigenvalue weighted by Gasteiger charge is 2.17. The topological polar surface area (TPSA) is 113 Å². The number of nitrogens with zero attached hydrogens (tertiary/aromatic N) is 3. The monoisotopic (exact) mass is 724 g/mol. The normalized spacial score (nSPS) is 11.5. The van der Waals surface area contributed by atoms with E-state index in [1.165, 1.54) is 4.68 Å². The predicted molar refractivity (Wildman–Crippen MR) is 156 cm³/mol. The first-order valence-electron chi connectivity index (χ1n) is 10.5. The third kappa shape index (κ3) is 4.97. The molecule has 0 atom stereocenters. The number of rotatable bonds is 6. The number of furan rings is 1. The van der Waals surface area contributed by atoms with Crippen LogP contribution in [-0.2, 0) is 4.79 Å². The quantitative estimate of drug-likeness (QED) is 0.186. The van der Waals surface area contributed by atoms with Crippen molar-refractivity contribution in [3.63, 3.8) is 0 Å². The van der Waals surface area contributed by atoms with Crippen LogP contribution in [0.3, 0.4) is 0 Å². The van der Waals surface area contributed by atoms with E-state index in [1.54, 1.807) is 48.7 Å². The van der Waals surface area contributed by atoms with Gasteiger partial charge >= 0.3 is 0 Å². The standard InChI is InChI=1S/C25H15ClI2N4O4/c26-15-5-6-20-14(9-15)10-21(36-20)24-31-19-4-2-1-3-16(19)25(34)32(24)30-11-13-7-17(27)23(18(28)8-13)35-12-22(29)33/h1-11H,12H2,(H2,29,33). The van der Waals surface area contributed by atoms with Crippen molar-refractivity contribution in [2.75, 3.05) is 6.61 Å². The molecule has 0 unspecified atom stereocenters. The molecule has 2 heterocycles. The van der Waals surface area contributed by atoms with Crippen LogP contribution in [0.1, 0.15) is 5.56 Å². The molecule has 0 spiro atoms. The van der Waals surface area contributed by atoms with E-state index in [9.17, 15) is 9.59 Å². The number of primary amides is 1. The molecular weight excluding hydrogens is 710 g/mol. The van der Waals surface area contributed by atoms with Crippen molar-refractivity contribution in [1.29, 1.82) is 0 Å². The molecule has 5 rings (SSSR count). The number of hydrogen-bond acceptors (Lipinski definition) is 6. The molecule has 0 aliphatic carbocycles. The van der Waals surface area contributed by atoms with Crippen LogP contribution >= 0.6 is 56.8 Å². The van der Waals surface area contributed by atoms with Gasteiger partial charge in [0.25, 0.3) is 11.5 Å². The van der Waals surface area contributed by atoms with Gasteiger partial charge in [0, 0.05) is 10.4 Å². The summed E-state index contributed by atoms with van der Waals surface area (Å²) < 4.78 is 14.3. The molecule has 2 N–H and O–H groups in total. The number of amides is 1. The molecule has 2 aromatic heterocycles. The van der Waals surface area contributed by atoms with Gasteiger partial charge in [0.05, 0.1) is 24.3 Å². The van der Waals surface area contributed by atoms with Crippen LogP contribution in [0.4, 0.5) is 0 Å². The number of fused-ring (bicyclic) bond motifs is 2. The summed E-state index contributed by atoms with van der Waals surface area (Å²) in [4.78, 5) is 29.2. The van der Waals surface area contributed by atoms with Crippen LogP contribution in [0.5, 0.6) is 5.75 Å². The molecule has 5 aromatic rings. The predicted octanol–water partition coefficient (Wildman–Crippen LogP) is 5.42. The zero-order valence-electron chi connectivity index (χ0n) is 18.2. The molecule has 0 saturated carbocycles. The lowest BCUT2D eigenvalue weighted by Crippen LogP contribution is -2.21. The molecule has 3 aromatic carbocycles. The van der Waals surface area contributed by atoms with E-state index in [-0.39, 0.29) is 18.0 Å². The van der Waals surface area contributed by atoms with Gasteiger partial charge in [0.2, 0.25) is 5.82 Å². The van der Waals surface area contributed by atoms with E-state index in [2.05, 4.69) is 55.3 Å². The van der Waals surface area contributed by atoms with Crippen molar-refractivity contribution in [2.45, 2.75) is 0 Å². The van der Waals surface area contributed by atoms with Crippen molar-refractivity contribution in [1.82, 2.24) is 9.66 Å². The lowest BCUT2D eigenvalue weighted by molar-refractivity contribution is -0.119. The number of aromatic nitrogens is 2. The van der Waals surface area contributed by atoms with Crippen LogP contribution in [0, 0.1) is 7.14 Å². The molecule has 0 bridgehead atoms. The Morgan fingerprint density at radius 3 is 2.64 bits per heavy atom. The van der Waals surface area contributed by atoms with Crippen molar-refractivity contribution in [3.05, 3.63) is 88.7 Å². The number of carbonyl (C=O) groups is 1. The van der Waals surface area contributed by atoms with Crippen LogP contribution in [0.25, 0.3) is 33.5 Å². The summed E-state index contributed by atoms with van der Waals surface area (Å²) in [7, 11) is 0. The summed E-state index contributed by atoms with van der Waals surface area (Å²) in [6, 6.07) is 17.8. The summed E-state index contributed by atoms with van der Waals surface area (Å²) in [5.41, 5.74) is 6.71. The van der Waals surface area contributed by atoms with Crippen LogP contribution in [0.2, 0.25) is 5.02 Å². The average molecular weight is 725 g/mol. The van der Waals surface area contributed by atoms with E-state index in [0.29, 0.717) is 33.0 Å². The molecule has 180 valence electrons. The van der Waals surface area contributed by atoms with Gasteiger partial charge < -0.3 is 14.9 Å². The molecule has 0 fully saturated rings. The highest BCUT2D eigenvalue weighted by atomic mass is 127. The fraction of sp³-hybridized carbons (Fsp3) is 0.0400. The third-order valence-corrected chi connectivity index (χ3v) is 6.99. The van der Waals surface area contributed by atoms with Gasteiger partial charge in [0.15, 0.2) is 12.4 Å². The number of nitrogens with two attached hydrogens (primary N) is 1. The first kappa shape index (κ1) is 24.7. The molecule has 8 nitrogen and oxygen atoms in total. The molecular formula is C25H15ClI2N4O4. The smallest absolute Gasteiger partial charge is 0.282 e. The van der Waals surface area contributed by atoms with Gasteiger partial charge in [-0.1, -0.05) is 23.7 Å². The molecule has 36 heavy (non-hydrogen) atoms. The maximum atomic E-state index is 13.4. The van der Waals surface area contributed by atoms with E-state index < -0.39 is 5.91 Å². The number of para-hydroxylation sites is 1. The Morgan fingerprint density at radius 1 is 1.14 bits per heavy atom. The fourth-order valence-corrected chi connectivity index (χ4v) is 5.88. The van der Waals surface area contributed by atoms with Gasteiger partial charge in [-0.05, 0) is 99.3 Å². The highest BCUT2D eigenvalue weighted by molar-refractivity contribution is 14.1. The van der Waals surface area contributed by atoms with Crippen molar-refractivity contribution in [3.8, 4) is 17.3 Å². The minimum absolute atomic E-state index is 0.219. The van der Waals surface area contributed by atoms with E-state index in [1.807, 2.05) is 18.2 Å². The minimum Gasteiger partial charge on any atom is -0.482 e. The van der Waals surface area contributed by atoms with Crippen LogP contribution in [0.15, 0.2) is 75.0 Å². The van der Waals surface area contributed by atoms with Crippen LogP contribution < -0.4 is 16.0 Å². The summed E-state index contributed by atoms with van der Waals surface area (Å²) in [5, 5.41) is 6.27. The lowest BCUT2D eigenvalue weighted by atomic mass is 10.2. The Bertz CT molecular complexity index is 1720. The highest BCUT2D eigenvalue weighted by Crippen LogP contribution is 2.30. The Balaban J connectivity index is 1.62. The van der Waals surface area contributed by atoms with E-state index in [0.717, 1.165) is 18.1 Å². The Hall–Kier alpha value is -2.97. The number of halogens is 3. The summed E-state index contributed by atoms with van der Waals surface area (Å²) in [5.74, 6) is 0.633. The molecule has 1 amide bonds. The van der Waals surface area contributed by atoms with Gasteiger partial charge in [-0.2, -0.15) is 9.78 Å². The molecule has 11 heteroatoms. The van der Waals surface area contributed by atoms with E-state index in [4.69, 9.17) is 26.5 Å². The summed E-state index contributed by atoms with van der Waals surface area (Å²) >= 11 is 10.3. The largest absolute Gasteiger partial charge is 0.482 e. The number of benzene rings is 3. The molecule has 0 aliphatic rings. The second-order valence-electron chi connectivity index (χ2n) is 7.68. The van der Waals surface area contributed by atoms with Gasteiger partial charge in [-0.15, -0.1) is 0 Å².